The molecule has 5 rings (SSSR count). The molecule has 4 heterocycles. The van der Waals surface area contributed by atoms with Crippen LogP contribution in [0.3, 0.4) is 0 Å². The number of aromatic nitrogens is 2. The Hall–Kier alpha value is -3.12. The highest BCUT2D eigenvalue weighted by Crippen LogP contribution is 2.37. The molecule has 2 aromatic heterocycles. The number of likely N-dealkylation sites (tertiary alicyclic amines) is 1. The van der Waals surface area contributed by atoms with Gasteiger partial charge < -0.3 is 14.2 Å². The molecule has 3 aromatic rings. The molecule has 1 aromatic carbocycles. The summed E-state index contributed by atoms with van der Waals surface area (Å²) in [6, 6.07) is 12.4. The average molecular weight is 432 g/mol. The third-order valence-corrected chi connectivity index (χ3v) is 6.51. The van der Waals surface area contributed by atoms with Crippen LogP contribution in [0, 0.1) is 5.92 Å². The Morgan fingerprint density at radius 3 is 2.75 bits per heavy atom. The predicted molar refractivity (Wildman–Crippen MR) is 123 cm³/mol. The van der Waals surface area contributed by atoms with Gasteiger partial charge in [0.15, 0.2) is 11.5 Å². The molecule has 0 unspecified atom stereocenters. The van der Waals surface area contributed by atoms with E-state index in [0.29, 0.717) is 12.7 Å². The summed E-state index contributed by atoms with van der Waals surface area (Å²) >= 11 is 0. The standard InChI is InChI=1S/C26H29N3O3/c1-30-26-23(14-22(16-28-26)21-5-3-11-27-15-21)17-29-12-9-19(10-13-29)7-8-20-4-2-6-24-25(20)32-18-31-24/h2-6,11,14-16,19H,7-10,12-13,17-18H2,1H3. The van der Waals surface area contributed by atoms with Crippen LogP contribution in [0.2, 0.25) is 0 Å². The number of fused-ring (bicyclic) bond motifs is 1. The summed E-state index contributed by atoms with van der Waals surface area (Å²) in [5, 5.41) is 0. The zero-order chi connectivity index (χ0) is 21.8. The number of benzene rings is 1. The monoisotopic (exact) mass is 431 g/mol. The van der Waals surface area contributed by atoms with Crippen molar-refractivity contribution in [1.29, 1.82) is 0 Å². The number of pyridine rings is 2. The Bertz CT molecular complexity index is 1050. The molecule has 6 heteroatoms. The van der Waals surface area contributed by atoms with Crippen molar-refractivity contribution in [3.8, 4) is 28.5 Å². The van der Waals surface area contributed by atoms with E-state index in [-0.39, 0.29) is 0 Å². The van der Waals surface area contributed by atoms with Gasteiger partial charge in [-0.2, -0.15) is 0 Å². The maximum absolute atomic E-state index is 5.66. The van der Waals surface area contributed by atoms with Crippen molar-refractivity contribution in [1.82, 2.24) is 14.9 Å². The Morgan fingerprint density at radius 2 is 1.94 bits per heavy atom. The summed E-state index contributed by atoms with van der Waals surface area (Å²) in [6.07, 6.45) is 10.2. The van der Waals surface area contributed by atoms with Gasteiger partial charge >= 0.3 is 0 Å². The Morgan fingerprint density at radius 1 is 1.03 bits per heavy atom. The van der Waals surface area contributed by atoms with Crippen LogP contribution >= 0.6 is 0 Å². The number of hydrogen-bond acceptors (Lipinski definition) is 6. The fraction of sp³-hybridized carbons (Fsp3) is 0.385. The second kappa shape index (κ2) is 9.57. The Labute approximate surface area is 189 Å². The van der Waals surface area contributed by atoms with E-state index in [2.05, 4.69) is 39.1 Å². The van der Waals surface area contributed by atoms with Crippen LogP contribution in [0.25, 0.3) is 11.1 Å². The van der Waals surface area contributed by atoms with Gasteiger partial charge in [0, 0.05) is 41.8 Å². The maximum Gasteiger partial charge on any atom is 0.231 e. The number of para-hydroxylation sites is 1. The lowest BCUT2D eigenvalue weighted by molar-refractivity contribution is 0.168. The van der Waals surface area contributed by atoms with E-state index in [0.717, 1.165) is 60.2 Å². The van der Waals surface area contributed by atoms with Crippen LogP contribution in [-0.4, -0.2) is 41.9 Å². The van der Waals surface area contributed by atoms with Crippen molar-refractivity contribution < 1.29 is 14.2 Å². The van der Waals surface area contributed by atoms with Crippen molar-refractivity contribution in [3.05, 3.63) is 66.1 Å². The number of hydrogen-bond donors (Lipinski definition) is 0. The Balaban J connectivity index is 1.18. The van der Waals surface area contributed by atoms with Gasteiger partial charge in [0.1, 0.15) is 0 Å². The topological polar surface area (TPSA) is 56.7 Å². The zero-order valence-electron chi connectivity index (χ0n) is 18.5. The molecule has 0 spiro atoms. The van der Waals surface area contributed by atoms with Gasteiger partial charge in [0.2, 0.25) is 12.7 Å². The van der Waals surface area contributed by atoms with Crippen molar-refractivity contribution in [2.24, 2.45) is 5.92 Å². The minimum atomic E-state index is 0.338. The zero-order valence-corrected chi connectivity index (χ0v) is 18.5. The van der Waals surface area contributed by atoms with Gasteiger partial charge in [-0.15, -0.1) is 0 Å². The molecule has 0 aliphatic carbocycles. The number of nitrogens with zero attached hydrogens (tertiary/aromatic N) is 3. The molecule has 0 bridgehead atoms. The van der Waals surface area contributed by atoms with Gasteiger partial charge in [0.25, 0.3) is 0 Å². The molecule has 0 amide bonds. The summed E-state index contributed by atoms with van der Waals surface area (Å²) in [7, 11) is 1.69. The van der Waals surface area contributed by atoms with Crippen LogP contribution in [0.15, 0.2) is 55.0 Å². The van der Waals surface area contributed by atoms with Crippen LogP contribution in [0.5, 0.6) is 17.4 Å². The maximum atomic E-state index is 5.66. The van der Waals surface area contributed by atoms with Gasteiger partial charge in [-0.1, -0.05) is 18.2 Å². The molecule has 2 aliphatic heterocycles. The first-order valence-corrected chi connectivity index (χ1v) is 11.3. The van der Waals surface area contributed by atoms with E-state index in [1.165, 1.54) is 24.8 Å². The van der Waals surface area contributed by atoms with Gasteiger partial charge in [0.05, 0.1) is 7.11 Å². The van der Waals surface area contributed by atoms with Crippen molar-refractivity contribution in [2.75, 3.05) is 27.0 Å². The van der Waals surface area contributed by atoms with Crippen molar-refractivity contribution in [2.45, 2.75) is 32.2 Å². The third kappa shape index (κ3) is 4.55. The fourth-order valence-electron chi connectivity index (χ4n) is 4.71. The summed E-state index contributed by atoms with van der Waals surface area (Å²) < 4.78 is 16.7. The molecule has 0 radical (unpaired) electrons. The first-order valence-electron chi connectivity index (χ1n) is 11.3. The van der Waals surface area contributed by atoms with E-state index in [4.69, 9.17) is 14.2 Å². The average Bonchev–Trinajstić information content (AvgIpc) is 3.34. The normalized spacial score (nSPS) is 16.3. The number of methoxy groups -OCH3 is 1. The third-order valence-electron chi connectivity index (χ3n) is 6.51. The highest BCUT2D eigenvalue weighted by atomic mass is 16.7. The largest absolute Gasteiger partial charge is 0.481 e. The molecular weight excluding hydrogens is 402 g/mol. The minimum Gasteiger partial charge on any atom is -0.481 e. The summed E-state index contributed by atoms with van der Waals surface area (Å²) in [6.45, 7) is 3.38. The smallest absolute Gasteiger partial charge is 0.231 e. The summed E-state index contributed by atoms with van der Waals surface area (Å²) in [5.74, 6) is 3.28. The van der Waals surface area contributed by atoms with Crippen LogP contribution in [-0.2, 0) is 13.0 Å². The lowest BCUT2D eigenvalue weighted by atomic mass is 9.90. The molecule has 32 heavy (non-hydrogen) atoms. The van der Waals surface area contributed by atoms with E-state index < -0.39 is 0 Å². The van der Waals surface area contributed by atoms with Crippen LogP contribution in [0.1, 0.15) is 30.4 Å². The van der Waals surface area contributed by atoms with Crippen molar-refractivity contribution >= 4 is 0 Å². The lowest BCUT2D eigenvalue weighted by Gasteiger charge is -2.32. The molecular formula is C26H29N3O3. The number of rotatable bonds is 7. The highest BCUT2D eigenvalue weighted by Gasteiger charge is 2.22. The molecule has 6 nitrogen and oxygen atoms in total. The number of piperidine rings is 1. The van der Waals surface area contributed by atoms with E-state index in [9.17, 15) is 0 Å². The van der Waals surface area contributed by atoms with Crippen molar-refractivity contribution in [3.63, 3.8) is 0 Å². The SMILES string of the molecule is COc1ncc(-c2cccnc2)cc1CN1CCC(CCc2cccc3c2OCO3)CC1. The van der Waals surface area contributed by atoms with E-state index >= 15 is 0 Å². The molecule has 0 N–H and O–H groups in total. The quantitative estimate of drug-likeness (QED) is 0.539. The number of ether oxygens (including phenoxy) is 3. The molecule has 0 atom stereocenters. The molecule has 166 valence electrons. The number of aryl methyl sites for hydroxylation is 1. The second-order valence-corrected chi connectivity index (χ2v) is 8.54. The van der Waals surface area contributed by atoms with Gasteiger partial charge in [-0.25, -0.2) is 4.98 Å². The molecule has 1 saturated heterocycles. The van der Waals surface area contributed by atoms with E-state index in [1.807, 2.05) is 24.5 Å². The highest BCUT2D eigenvalue weighted by molar-refractivity contribution is 5.62. The molecule has 2 aliphatic rings. The second-order valence-electron chi connectivity index (χ2n) is 8.54. The lowest BCUT2D eigenvalue weighted by Crippen LogP contribution is -2.33. The predicted octanol–water partition coefficient (Wildman–Crippen LogP) is 4.73. The van der Waals surface area contributed by atoms with Gasteiger partial charge in [-0.05, 0) is 68.5 Å². The summed E-state index contributed by atoms with van der Waals surface area (Å²) in [5.41, 5.74) is 4.55. The Kier molecular flexibility index (Phi) is 6.21. The van der Waals surface area contributed by atoms with Crippen LogP contribution < -0.4 is 14.2 Å². The first-order chi connectivity index (χ1) is 15.8. The molecule has 0 saturated carbocycles. The molecule has 1 fully saturated rings. The van der Waals surface area contributed by atoms with Crippen LogP contribution in [0.4, 0.5) is 0 Å². The first kappa shape index (κ1) is 20.8. The fourth-order valence-corrected chi connectivity index (χ4v) is 4.71. The summed E-state index contributed by atoms with van der Waals surface area (Å²) in [4.78, 5) is 11.3. The van der Waals surface area contributed by atoms with E-state index in [1.54, 1.807) is 13.3 Å². The minimum absolute atomic E-state index is 0.338. The van der Waals surface area contributed by atoms with Gasteiger partial charge in [-0.3, -0.25) is 9.88 Å².